The molecule has 27 heavy (non-hydrogen) atoms. The van der Waals surface area contributed by atoms with Gasteiger partial charge in [-0.25, -0.2) is 0 Å². The van der Waals surface area contributed by atoms with Crippen LogP contribution in [0.4, 0.5) is 0 Å². The monoisotopic (exact) mass is 362 g/mol. The van der Waals surface area contributed by atoms with Gasteiger partial charge < -0.3 is 19.4 Å². The lowest BCUT2D eigenvalue weighted by Crippen LogP contribution is -2.29. The molecular formula is C22H22N2O3. The number of benzene rings is 2. The SMILES string of the molecule is C#CCOc1ccc(CCNC(=O)Cn2ccc3cc(OC)ccc32)cc1. The molecule has 138 valence electrons. The van der Waals surface area contributed by atoms with Crippen LogP contribution in [0.15, 0.2) is 54.7 Å². The summed E-state index contributed by atoms with van der Waals surface area (Å²) < 4.78 is 12.5. The summed E-state index contributed by atoms with van der Waals surface area (Å²) in [6.07, 6.45) is 7.84. The highest BCUT2D eigenvalue weighted by Gasteiger charge is 2.07. The van der Waals surface area contributed by atoms with Gasteiger partial charge in [-0.1, -0.05) is 18.1 Å². The summed E-state index contributed by atoms with van der Waals surface area (Å²) in [6, 6.07) is 15.5. The fourth-order valence-corrected chi connectivity index (χ4v) is 2.88. The molecule has 0 unspecified atom stereocenters. The highest BCUT2D eigenvalue weighted by atomic mass is 16.5. The second kappa shape index (κ2) is 8.81. The minimum atomic E-state index is -0.0164. The minimum absolute atomic E-state index is 0.0164. The van der Waals surface area contributed by atoms with E-state index in [1.54, 1.807) is 7.11 Å². The number of carbonyl (C=O) groups is 1. The zero-order chi connectivity index (χ0) is 19.1. The standard InChI is InChI=1S/C22H22N2O3/c1-3-14-27-19-6-4-17(5-7-19)10-12-23-22(25)16-24-13-11-18-15-20(26-2)8-9-21(18)24/h1,4-9,11,13,15H,10,12,14,16H2,2H3,(H,23,25). The number of carbonyl (C=O) groups excluding carboxylic acids is 1. The summed E-state index contributed by atoms with van der Waals surface area (Å²) >= 11 is 0. The van der Waals surface area contributed by atoms with E-state index in [2.05, 4.69) is 11.2 Å². The number of fused-ring (bicyclic) bond motifs is 1. The molecule has 0 saturated heterocycles. The molecule has 0 aliphatic rings. The van der Waals surface area contributed by atoms with Crippen molar-refractivity contribution in [3.8, 4) is 23.8 Å². The topological polar surface area (TPSA) is 52.5 Å². The van der Waals surface area contributed by atoms with Crippen LogP contribution in [0.2, 0.25) is 0 Å². The van der Waals surface area contributed by atoms with E-state index >= 15 is 0 Å². The Kier molecular flexibility index (Phi) is 6.01. The predicted octanol–water partition coefficient (Wildman–Crippen LogP) is 3.02. The Labute approximate surface area is 158 Å². The molecule has 3 rings (SSSR count). The fraction of sp³-hybridized carbons (Fsp3) is 0.227. The molecule has 0 fully saturated rings. The summed E-state index contributed by atoms with van der Waals surface area (Å²) in [4.78, 5) is 12.2. The molecule has 0 spiro atoms. The van der Waals surface area contributed by atoms with Gasteiger partial charge in [0.05, 0.1) is 7.11 Å². The Morgan fingerprint density at radius 1 is 1.15 bits per heavy atom. The Morgan fingerprint density at radius 3 is 2.67 bits per heavy atom. The molecule has 0 aliphatic carbocycles. The largest absolute Gasteiger partial charge is 0.497 e. The zero-order valence-electron chi connectivity index (χ0n) is 15.3. The number of hydrogen-bond donors (Lipinski definition) is 1. The molecule has 5 heteroatoms. The van der Waals surface area contributed by atoms with Gasteiger partial charge in [0.15, 0.2) is 0 Å². The average Bonchev–Trinajstić information content (AvgIpc) is 3.09. The van der Waals surface area contributed by atoms with Crippen molar-refractivity contribution >= 4 is 16.8 Å². The van der Waals surface area contributed by atoms with E-state index in [9.17, 15) is 4.79 Å². The molecule has 1 amide bonds. The molecule has 0 aliphatic heterocycles. The van der Waals surface area contributed by atoms with Gasteiger partial charge in [-0.2, -0.15) is 0 Å². The van der Waals surface area contributed by atoms with Crippen LogP contribution in [0.1, 0.15) is 5.56 Å². The molecule has 0 bridgehead atoms. The van der Waals surface area contributed by atoms with E-state index in [4.69, 9.17) is 15.9 Å². The quantitative estimate of drug-likeness (QED) is 0.627. The van der Waals surface area contributed by atoms with Crippen molar-refractivity contribution in [1.82, 2.24) is 9.88 Å². The molecule has 1 N–H and O–H groups in total. The maximum absolute atomic E-state index is 12.2. The summed E-state index contributed by atoms with van der Waals surface area (Å²) in [5.74, 6) is 3.97. The Bertz CT molecular complexity index is 952. The molecule has 5 nitrogen and oxygen atoms in total. The molecule has 1 heterocycles. The first kappa shape index (κ1) is 18.4. The molecule has 0 saturated carbocycles. The van der Waals surface area contributed by atoms with Crippen molar-refractivity contribution in [2.24, 2.45) is 0 Å². The molecule has 2 aromatic carbocycles. The number of methoxy groups -OCH3 is 1. The Balaban J connectivity index is 1.49. The van der Waals surface area contributed by atoms with Gasteiger partial charge >= 0.3 is 0 Å². The van der Waals surface area contributed by atoms with Crippen molar-refractivity contribution in [1.29, 1.82) is 0 Å². The first-order valence-electron chi connectivity index (χ1n) is 8.74. The van der Waals surface area contributed by atoms with Crippen LogP contribution in [0.25, 0.3) is 10.9 Å². The number of aromatic nitrogens is 1. The lowest BCUT2D eigenvalue weighted by Gasteiger charge is -2.09. The number of nitrogens with zero attached hydrogens (tertiary/aromatic N) is 1. The van der Waals surface area contributed by atoms with Crippen molar-refractivity contribution in [2.45, 2.75) is 13.0 Å². The lowest BCUT2D eigenvalue weighted by molar-refractivity contribution is -0.121. The van der Waals surface area contributed by atoms with E-state index in [-0.39, 0.29) is 19.1 Å². The second-order valence-corrected chi connectivity index (χ2v) is 6.11. The smallest absolute Gasteiger partial charge is 0.239 e. The fourth-order valence-electron chi connectivity index (χ4n) is 2.88. The summed E-state index contributed by atoms with van der Waals surface area (Å²) in [6.45, 7) is 1.13. The van der Waals surface area contributed by atoms with Gasteiger partial charge in [-0.15, -0.1) is 6.42 Å². The maximum atomic E-state index is 12.2. The number of amides is 1. The third kappa shape index (κ3) is 4.83. The van der Waals surface area contributed by atoms with Crippen molar-refractivity contribution in [3.05, 3.63) is 60.3 Å². The third-order valence-corrected chi connectivity index (χ3v) is 4.27. The van der Waals surface area contributed by atoms with Crippen molar-refractivity contribution < 1.29 is 14.3 Å². The van der Waals surface area contributed by atoms with Crippen LogP contribution in [-0.4, -0.2) is 30.7 Å². The second-order valence-electron chi connectivity index (χ2n) is 6.11. The van der Waals surface area contributed by atoms with E-state index in [0.29, 0.717) is 6.54 Å². The highest BCUT2D eigenvalue weighted by molar-refractivity contribution is 5.84. The van der Waals surface area contributed by atoms with Crippen LogP contribution in [0.3, 0.4) is 0 Å². The number of nitrogens with one attached hydrogen (secondary N) is 1. The minimum Gasteiger partial charge on any atom is -0.497 e. The van der Waals surface area contributed by atoms with E-state index in [1.165, 1.54) is 0 Å². The van der Waals surface area contributed by atoms with Crippen LogP contribution in [0.5, 0.6) is 11.5 Å². The van der Waals surface area contributed by atoms with Gasteiger partial charge in [0.1, 0.15) is 24.7 Å². The molecular weight excluding hydrogens is 340 g/mol. The van der Waals surface area contributed by atoms with Gasteiger partial charge in [0, 0.05) is 23.6 Å². The average molecular weight is 362 g/mol. The van der Waals surface area contributed by atoms with Gasteiger partial charge in [-0.05, 0) is 48.4 Å². The normalized spacial score (nSPS) is 10.4. The number of ether oxygens (including phenoxy) is 2. The van der Waals surface area contributed by atoms with Gasteiger partial charge in [0.25, 0.3) is 0 Å². The van der Waals surface area contributed by atoms with E-state index in [1.807, 2.05) is 59.3 Å². The first-order valence-corrected chi connectivity index (χ1v) is 8.74. The predicted molar refractivity (Wildman–Crippen MR) is 106 cm³/mol. The Hall–Kier alpha value is -3.39. The van der Waals surface area contributed by atoms with Crippen LogP contribution in [-0.2, 0) is 17.8 Å². The number of hydrogen-bond acceptors (Lipinski definition) is 3. The number of terminal acetylenes is 1. The zero-order valence-corrected chi connectivity index (χ0v) is 15.3. The summed E-state index contributed by atoms with van der Waals surface area (Å²) in [7, 11) is 1.64. The maximum Gasteiger partial charge on any atom is 0.239 e. The van der Waals surface area contributed by atoms with Crippen LogP contribution < -0.4 is 14.8 Å². The first-order chi connectivity index (χ1) is 13.2. The molecule has 0 atom stereocenters. The van der Waals surface area contributed by atoms with Crippen LogP contribution >= 0.6 is 0 Å². The highest BCUT2D eigenvalue weighted by Crippen LogP contribution is 2.21. The van der Waals surface area contributed by atoms with Crippen LogP contribution in [0, 0.1) is 12.3 Å². The Morgan fingerprint density at radius 2 is 1.93 bits per heavy atom. The summed E-state index contributed by atoms with van der Waals surface area (Å²) in [5.41, 5.74) is 2.13. The van der Waals surface area contributed by atoms with E-state index in [0.717, 1.165) is 34.4 Å². The lowest BCUT2D eigenvalue weighted by atomic mass is 10.1. The van der Waals surface area contributed by atoms with E-state index < -0.39 is 0 Å². The van der Waals surface area contributed by atoms with Gasteiger partial charge in [0.2, 0.25) is 5.91 Å². The van der Waals surface area contributed by atoms with Gasteiger partial charge in [-0.3, -0.25) is 4.79 Å². The summed E-state index contributed by atoms with van der Waals surface area (Å²) in [5, 5.41) is 4.01. The van der Waals surface area contributed by atoms with Crippen molar-refractivity contribution in [2.75, 3.05) is 20.3 Å². The third-order valence-electron chi connectivity index (χ3n) is 4.27. The molecule has 1 aromatic heterocycles. The molecule has 3 aromatic rings. The molecule has 0 radical (unpaired) electrons. The number of rotatable bonds is 8. The van der Waals surface area contributed by atoms with Crippen molar-refractivity contribution in [3.63, 3.8) is 0 Å².